The Morgan fingerprint density at radius 3 is 2.52 bits per heavy atom. The van der Waals surface area contributed by atoms with E-state index in [9.17, 15) is 0 Å². The quantitative estimate of drug-likeness (QED) is 0.802. The fourth-order valence-electron chi connectivity index (χ4n) is 2.06. The van der Waals surface area contributed by atoms with Crippen LogP contribution in [0.15, 0.2) is 36.7 Å². The molecule has 2 rings (SSSR count). The first-order valence-electron chi connectivity index (χ1n) is 7.07. The smallest absolute Gasteiger partial charge is 0.0608 e. The van der Waals surface area contributed by atoms with Gasteiger partial charge < -0.3 is 10.1 Å². The maximum absolute atomic E-state index is 5.96. The van der Waals surface area contributed by atoms with Gasteiger partial charge in [-0.05, 0) is 38.5 Å². The molecule has 0 aliphatic carbocycles. The van der Waals surface area contributed by atoms with Crippen LogP contribution >= 0.6 is 11.6 Å². The highest BCUT2D eigenvalue weighted by molar-refractivity contribution is 6.30. The zero-order valence-electron chi connectivity index (χ0n) is 12.7. The summed E-state index contributed by atoms with van der Waals surface area (Å²) in [5.74, 6) is 0. The summed E-state index contributed by atoms with van der Waals surface area (Å²) >= 11 is 5.96. The number of aromatic nitrogens is 2. The van der Waals surface area contributed by atoms with E-state index in [1.54, 1.807) is 0 Å². The van der Waals surface area contributed by atoms with Gasteiger partial charge in [0.2, 0.25) is 0 Å². The van der Waals surface area contributed by atoms with E-state index >= 15 is 0 Å². The molecule has 1 unspecified atom stereocenters. The minimum atomic E-state index is -0.118. The van der Waals surface area contributed by atoms with Crippen LogP contribution in [0.1, 0.15) is 37.9 Å². The van der Waals surface area contributed by atoms with Crippen molar-refractivity contribution in [3.05, 3.63) is 52.8 Å². The van der Waals surface area contributed by atoms with Gasteiger partial charge in [0.15, 0.2) is 0 Å². The van der Waals surface area contributed by atoms with Gasteiger partial charge in [-0.15, -0.1) is 0 Å². The molecule has 1 heterocycles. The van der Waals surface area contributed by atoms with Crippen molar-refractivity contribution in [3.8, 4) is 0 Å². The third-order valence-electron chi connectivity index (χ3n) is 3.04. The molecule has 0 amide bonds. The van der Waals surface area contributed by atoms with E-state index in [0.29, 0.717) is 6.61 Å². The molecular formula is C16H22ClN3O. The first-order valence-corrected chi connectivity index (χ1v) is 7.45. The second-order valence-electron chi connectivity index (χ2n) is 5.93. The van der Waals surface area contributed by atoms with E-state index in [1.165, 1.54) is 0 Å². The fraction of sp³-hybridized carbons (Fsp3) is 0.438. The molecule has 0 radical (unpaired) electrons. The van der Waals surface area contributed by atoms with Crippen LogP contribution in [0, 0.1) is 0 Å². The summed E-state index contributed by atoms with van der Waals surface area (Å²) in [6.45, 7) is 7.58. The minimum Gasteiger partial charge on any atom is -0.375 e. The number of hydrogen-bond donors (Lipinski definition) is 2. The SMILES string of the molecule is CC(C)(C)OCCNC(c1ccc(Cl)cc1)c1cn[nH]c1. The molecule has 0 saturated heterocycles. The molecule has 0 bridgehead atoms. The molecule has 1 aromatic carbocycles. The molecule has 1 atom stereocenters. The van der Waals surface area contributed by atoms with Crippen LogP contribution in [0.4, 0.5) is 0 Å². The van der Waals surface area contributed by atoms with Crippen molar-refractivity contribution in [3.63, 3.8) is 0 Å². The normalized spacial score (nSPS) is 13.3. The van der Waals surface area contributed by atoms with Crippen LogP contribution < -0.4 is 5.32 Å². The summed E-state index contributed by atoms with van der Waals surface area (Å²) in [5.41, 5.74) is 2.12. The highest BCUT2D eigenvalue weighted by Gasteiger charge is 2.15. The number of aromatic amines is 1. The predicted molar refractivity (Wildman–Crippen MR) is 85.6 cm³/mol. The van der Waals surface area contributed by atoms with Gasteiger partial charge >= 0.3 is 0 Å². The fourth-order valence-corrected chi connectivity index (χ4v) is 2.19. The number of nitrogens with one attached hydrogen (secondary N) is 2. The molecule has 5 heteroatoms. The van der Waals surface area contributed by atoms with E-state index in [4.69, 9.17) is 16.3 Å². The number of hydrogen-bond acceptors (Lipinski definition) is 3. The lowest BCUT2D eigenvalue weighted by atomic mass is 10.0. The molecule has 0 aliphatic heterocycles. The third kappa shape index (κ3) is 5.16. The van der Waals surface area contributed by atoms with E-state index in [2.05, 4.69) is 36.3 Å². The van der Waals surface area contributed by atoms with Crippen molar-refractivity contribution >= 4 is 11.6 Å². The van der Waals surface area contributed by atoms with Gasteiger partial charge in [0, 0.05) is 23.3 Å². The zero-order chi connectivity index (χ0) is 15.3. The van der Waals surface area contributed by atoms with Crippen LogP contribution in [0.25, 0.3) is 0 Å². The second kappa shape index (κ2) is 7.07. The summed E-state index contributed by atoms with van der Waals surface area (Å²) in [5, 5.41) is 11.1. The molecule has 4 nitrogen and oxygen atoms in total. The molecule has 1 aromatic heterocycles. The van der Waals surface area contributed by atoms with Crippen LogP contribution in [-0.2, 0) is 4.74 Å². The molecule has 0 aliphatic rings. The summed E-state index contributed by atoms with van der Waals surface area (Å²) in [4.78, 5) is 0. The van der Waals surface area contributed by atoms with Crippen molar-refractivity contribution in [2.24, 2.45) is 0 Å². The monoisotopic (exact) mass is 307 g/mol. The Bertz CT molecular complexity index is 532. The van der Waals surface area contributed by atoms with Crippen LogP contribution in [0.3, 0.4) is 0 Å². The van der Waals surface area contributed by atoms with Gasteiger partial charge in [0.05, 0.1) is 24.4 Å². The minimum absolute atomic E-state index is 0.0737. The van der Waals surface area contributed by atoms with Gasteiger partial charge in [-0.2, -0.15) is 5.10 Å². The van der Waals surface area contributed by atoms with Gasteiger partial charge in [-0.25, -0.2) is 0 Å². The zero-order valence-corrected chi connectivity index (χ0v) is 13.4. The second-order valence-corrected chi connectivity index (χ2v) is 6.37. The Balaban J connectivity index is 2.02. The molecule has 114 valence electrons. The lowest BCUT2D eigenvalue weighted by Gasteiger charge is -2.22. The Labute approximate surface area is 130 Å². The largest absolute Gasteiger partial charge is 0.375 e. The number of H-pyrrole nitrogens is 1. The molecule has 0 fully saturated rings. The Morgan fingerprint density at radius 2 is 1.95 bits per heavy atom. The Hall–Kier alpha value is -1.36. The van der Waals surface area contributed by atoms with E-state index in [1.807, 2.05) is 36.7 Å². The summed E-state index contributed by atoms with van der Waals surface area (Å²) in [7, 11) is 0. The van der Waals surface area contributed by atoms with Gasteiger partial charge in [0.1, 0.15) is 0 Å². The third-order valence-corrected chi connectivity index (χ3v) is 3.29. The topological polar surface area (TPSA) is 49.9 Å². The lowest BCUT2D eigenvalue weighted by molar-refractivity contribution is -0.00131. The van der Waals surface area contributed by atoms with Gasteiger partial charge in [-0.1, -0.05) is 23.7 Å². The van der Waals surface area contributed by atoms with Crippen molar-refractivity contribution in [2.75, 3.05) is 13.2 Å². The van der Waals surface area contributed by atoms with E-state index in [-0.39, 0.29) is 11.6 Å². The summed E-state index contributed by atoms with van der Waals surface area (Å²) in [6, 6.07) is 7.92. The van der Waals surface area contributed by atoms with E-state index in [0.717, 1.165) is 22.7 Å². The molecule has 2 N–H and O–H groups in total. The average Bonchev–Trinajstić information content (AvgIpc) is 2.93. The molecular weight excluding hydrogens is 286 g/mol. The highest BCUT2D eigenvalue weighted by atomic mass is 35.5. The number of nitrogens with zero attached hydrogens (tertiary/aromatic N) is 1. The maximum atomic E-state index is 5.96. The van der Waals surface area contributed by atoms with Crippen LogP contribution in [0.5, 0.6) is 0 Å². The standard InChI is InChI=1S/C16H22ClN3O/c1-16(2,3)21-9-8-18-15(13-10-19-20-11-13)12-4-6-14(17)7-5-12/h4-7,10-11,15,18H,8-9H2,1-3H3,(H,19,20). The van der Waals surface area contributed by atoms with Crippen LogP contribution in [0.2, 0.25) is 5.02 Å². The molecule has 0 spiro atoms. The van der Waals surface area contributed by atoms with Gasteiger partial charge in [-0.3, -0.25) is 5.10 Å². The van der Waals surface area contributed by atoms with Gasteiger partial charge in [0.25, 0.3) is 0 Å². The number of ether oxygens (including phenoxy) is 1. The Kier molecular flexibility index (Phi) is 5.39. The molecule has 0 saturated carbocycles. The van der Waals surface area contributed by atoms with Crippen LogP contribution in [-0.4, -0.2) is 29.0 Å². The average molecular weight is 308 g/mol. The Morgan fingerprint density at radius 1 is 1.24 bits per heavy atom. The van der Waals surface area contributed by atoms with E-state index < -0.39 is 0 Å². The maximum Gasteiger partial charge on any atom is 0.0608 e. The van der Waals surface area contributed by atoms with Crippen molar-refractivity contribution in [1.29, 1.82) is 0 Å². The molecule has 2 aromatic rings. The first-order chi connectivity index (χ1) is 9.96. The highest BCUT2D eigenvalue weighted by Crippen LogP contribution is 2.22. The summed E-state index contributed by atoms with van der Waals surface area (Å²) < 4.78 is 5.75. The van der Waals surface area contributed by atoms with Crippen molar-refractivity contribution < 1.29 is 4.74 Å². The number of benzene rings is 1. The number of halogens is 1. The number of rotatable bonds is 6. The molecule has 21 heavy (non-hydrogen) atoms. The summed E-state index contributed by atoms with van der Waals surface area (Å²) in [6.07, 6.45) is 3.73. The lowest BCUT2D eigenvalue weighted by Crippen LogP contribution is -2.29. The van der Waals surface area contributed by atoms with Crippen molar-refractivity contribution in [1.82, 2.24) is 15.5 Å². The first kappa shape index (κ1) is 16.0. The predicted octanol–water partition coefficient (Wildman–Crippen LogP) is 3.56. The van der Waals surface area contributed by atoms with Crippen molar-refractivity contribution in [2.45, 2.75) is 32.4 Å².